The number of hydrogen-bond acceptors (Lipinski definition) is 7. The molecule has 2 amide bonds. The summed E-state index contributed by atoms with van der Waals surface area (Å²) in [6, 6.07) is 16.1. The lowest BCUT2D eigenvalue weighted by molar-refractivity contribution is -0.117. The highest BCUT2D eigenvalue weighted by molar-refractivity contribution is 7.99. The molecule has 1 aromatic heterocycles. The molecule has 0 bridgehead atoms. The quantitative estimate of drug-likeness (QED) is 0.426. The molecular weight excluding hydrogens is 440 g/mol. The maximum atomic E-state index is 12.4. The normalized spacial score (nSPS) is 10.8. The maximum Gasteiger partial charge on any atom is 0.257 e. The minimum atomic E-state index is -0.457. The average Bonchev–Trinajstić information content (AvgIpc) is 3.22. The SMILES string of the molecule is COc1ccc(C(=O)NC(=O)CSc2nnc(COc3ccccc3)n2CCC(C)C)cc1. The number of ether oxygens (including phenoxy) is 2. The number of nitrogens with zero attached hydrogens (tertiary/aromatic N) is 3. The van der Waals surface area contributed by atoms with Crippen molar-refractivity contribution in [3.05, 3.63) is 66.0 Å². The molecule has 0 saturated heterocycles. The van der Waals surface area contributed by atoms with Gasteiger partial charge >= 0.3 is 0 Å². The van der Waals surface area contributed by atoms with Gasteiger partial charge in [0.1, 0.15) is 18.1 Å². The smallest absolute Gasteiger partial charge is 0.257 e. The van der Waals surface area contributed by atoms with Crippen molar-refractivity contribution in [1.82, 2.24) is 20.1 Å². The molecule has 0 radical (unpaired) electrons. The number of amides is 2. The summed E-state index contributed by atoms with van der Waals surface area (Å²) in [4.78, 5) is 24.7. The highest BCUT2D eigenvalue weighted by Crippen LogP contribution is 2.20. The predicted octanol–water partition coefficient (Wildman–Crippen LogP) is 3.96. The Balaban J connectivity index is 1.60. The third-order valence-electron chi connectivity index (χ3n) is 4.77. The Morgan fingerprint density at radius 2 is 1.76 bits per heavy atom. The maximum absolute atomic E-state index is 12.4. The van der Waals surface area contributed by atoms with Gasteiger partial charge in [-0.15, -0.1) is 10.2 Å². The summed E-state index contributed by atoms with van der Waals surface area (Å²) in [6.07, 6.45) is 0.937. The van der Waals surface area contributed by atoms with Gasteiger partial charge < -0.3 is 14.0 Å². The number of rotatable bonds is 11. The van der Waals surface area contributed by atoms with Crippen LogP contribution in [-0.4, -0.2) is 39.4 Å². The summed E-state index contributed by atoms with van der Waals surface area (Å²) in [7, 11) is 1.55. The van der Waals surface area contributed by atoms with Gasteiger partial charge in [0.15, 0.2) is 11.0 Å². The van der Waals surface area contributed by atoms with Crippen LogP contribution in [0.3, 0.4) is 0 Å². The molecule has 0 fully saturated rings. The largest absolute Gasteiger partial charge is 0.497 e. The first-order valence-corrected chi connectivity index (χ1v) is 11.7. The van der Waals surface area contributed by atoms with Crippen molar-refractivity contribution in [1.29, 1.82) is 0 Å². The van der Waals surface area contributed by atoms with E-state index in [4.69, 9.17) is 9.47 Å². The van der Waals surface area contributed by atoms with Gasteiger partial charge in [-0.05, 0) is 48.7 Å². The number of para-hydroxylation sites is 1. The second kappa shape index (κ2) is 12.1. The lowest BCUT2D eigenvalue weighted by atomic mass is 10.1. The van der Waals surface area contributed by atoms with Gasteiger partial charge in [-0.2, -0.15) is 0 Å². The Bertz CT molecular complexity index is 1050. The lowest BCUT2D eigenvalue weighted by Gasteiger charge is -2.12. The second-order valence-corrected chi connectivity index (χ2v) is 8.67. The van der Waals surface area contributed by atoms with Crippen LogP contribution in [0, 0.1) is 5.92 Å². The minimum absolute atomic E-state index is 0.0429. The van der Waals surface area contributed by atoms with Gasteiger partial charge in [-0.1, -0.05) is 43.8 Å². The molecular formula is C24H28N4O4S. The molecule has 0 aliphatic carbocycles. The van der Waals surface area contributed by atoms with Crippen molar-refractivity contribution in [2.45, 2.75) is 38.6 Å². The van der Waals surface area contributed by atoms with E-state index in [1.807, 2.05) is 34.9 Å². The van der Waals surface area contributed by atoms with E-state index in [-0.39, 0.29) is 12.4 Å². The summed E-state index contributed by atoms with van der Waals surface area (Å²) in [5.74, 6) is 1.77. The van der Waals surface area contributed by atoms with Crippen LogP contribution in [0.2, 0.25) is 0 Å². The molecule has 0 atom stereocenters. The van der Waals surface area contributed by atoms with Crippen molar-refractivity contribution < 1.29 is 19.1 Å². The number of benzene rings is 2. The third-order valence-corrected chi connectivity index (χ3v) is 5.74. The van der Waals surface area contributed by atoms with Gasteiger partial charge in [0, 0.05) is 12.1 Å². The minimum Gasteiger partial charge on any atom is -0.497 e. The average molecular weight is 469 g/mol. The van der Waals surface area contributed by atoms with Gasteiger partial charge in [0.05, 0.1) is 12.9 Å². The van der Waals surface area contributed by atoms with Gasteiger partial charge in [-0.3, -0.25) is 14.9 Å². The second-order valence-electron chi connectivity index (χ2n) is 7.73. The van der Waals surface area contributed by atoms with Crippen LogP contribution in [0.5, 0.6) is 11.5 Å². The van der Waals surface area contributed by atoms with E-state index in [1.54, 1.807) is 31.4 Å². The fraction of sp³-hybridized carbons (Fsp3) is 0.333. The number of carbonyl (C=O) groups is 2. The van der Waals surface area contributed by atoms with E-state index < -0.39 is 11.8 Å². The first-order valence-electron chi connectivity index (χ1n) is 10.7. The van der Waals surface area contributed by atoms with Crippen LogP contribution in [0.15, 0.2) is 59.8 Å². The lowest BCUT2D eigenvalue weighted by Crippen LogP contribution is -2.31. The Morgan fingerprint density at radius 3 is 2.42 bits per heavy atom. The molecule has 0 aliphatic heterocycles. The Kier molecular flexibility index (Phi) is 8.88. The van der Waals surface area contributed by atoms with Gasteiger partial charge in [-0.25, -0.2) is 0 Å². The number of nitrogens with one attached hydrogen (secondary N) is 1. The molecule has 0 unspecified atom stereocenters. The van der Waals surface area contributed by atoms with E-state index in [0.717, 1.165) is 12.2 Å². The standard InChI is InChI=1S/C24H28N4O4S/c1-17(2)13-14-28-21(15-32-20-7-5-4-6-8-20)26-27-24(28)33-16-22(29)25-23(30)18-9-11-19(31-3)12-10-18/h4-12,17H,13-16H2,1-3H3,(H,25,29,30). The zero-order valence-electron chi connectivity index (χ0n) is 19.0. The Morgan fingerprint density at radius 1 is 1.03 bits per heavy atom. The number of methoxy groups -OCH3 is 1. The van der Waals surface area contributed by atoms with Crippen LogP contribution in [0.4, 0.5) is 0 Å². The van der Waals surface area contributed by atoms with Crippen molar-refractivity contribution in [2.75, 3.05) is 12.9 Å². The van der Waals surface area contributed by atoms with Gasteiger partial charge in [0.2, 0.25) is 5.91 Å². The molecule has 2 aromatic carbocycles. The highest BCUT2D eigenvalue weighted by atomic mass is 32.2. The number of aromatic nitrogens is 3. The summed E-state index contributed by atoms with van der Waals surface area (Å²) < 4.78 is 12.9. The Hall–Kier alpha value is -3.33. The molecule has 1 N–H and O–H groups in total. The molecule has 1 heterocycles. The molecule has 3 aromatic rings. The van der Waals surface area contributed by atoms with Crippen LogP contribution in [0.1, 0.15) is 36.5 Å². The fourth-order valence-corrected chi connectivity index (χ4v) is 3.70. The molecule has 9 heteroatoms. The topological polar surface area (TPSA) is 95.3 Å². The van der Waals surface area contributed by atoms with Crippen molar-refractivity contribution in [2.24, 2.45) is 5.92 Å². The first kappa shape index (κ1) is 24.3. The molecule has 0 aliphatic rings. The number of thioether (sulfide) groups is 1. The van der Waals surface area contributed by atoms with Crippen molar-refractivity contribution in [3.63, 3.8) is 0 Å². The number of hydrogen-bond donors (Lipinski definition) is 1. The van der Waals surface area contributed by atoms with Crippen LogP contribution in [0.25, 0.3) is 0 Å². The number of carbonyl (C=O) groups excluding carboxylic acids is 2. The van der Waals surface area contributed by atoms with Gasteiger partial charge in [0.25, 0.3) is 5.91 Å². The molecule has 8 nitrogen and oxygen atoms in total. The number of imide groups is 1. The van der Waals surface area contributed by atoms with E-state index in [0.29, 0.717) is 34.8 Å². The molecule has 3 rings (SSSR count). The zero-order valence-corrected chi connectivity index (χ0v) is 19.8. The van der Waals surface area contributed by atoms with E-state index >= 15 is 0 Å². The van der Waals surface area contributed by atoms with E-state index in [1.165, 1.54) is 11.8 Å². The highest BCUT2D eigenvalue weighted by Gasteiger charge is 2.17. The monoisotopic (exact) mass is 468 g/mol. The Labute approximate surface area is 197 Å². The summed E-state index contributed by atoms with van der Waals surface area (Å²) in [6.45, 7) is 5.29. The van der Waals surface area contributed by atoms with E-state index in [2.05, 4.69) is 29.4 Å². The van der Waals surface area contributed by atoms with Crippen molar-refractivity contribution >= 4 is 23.6 Å². The van der Waals surface area contributed by atoms with Crippen LogP contribution < -0.4 is 14.8 Å². The van der Waals surface area contributed by atoms with Crippen LogP contribution >= 0.6 is 11.8 Å². The summed E-state index contributed by atoms with van der Waals surface area (Å²) >= 11 is 1.24. The molecule has 0 saturated carbocycles. The first-order chi connectivity index (χ1) is 16.0. The predicted molar refractivity (Wildman–Crippen MR) is 126 cm³/mol. The van der Waals surface area contributed by atoms with Crippen LogP contribution in [-0.2, 0) is 17.9 Å². The summed E-state index contributed by atoms with van der Waals surface area (Å²) in [5, 5.41) is 11.5. The summed E-state index contributed by atoms with van der Waals surface area (Å²) in [5.41, 5.74) is 0.384. The zero-order chi connectivity index (χ0) is 23.6. The third kappa shape index (κ3) is 7.35. The fourth-order valence-electron chi connectivity index (χ4n) is 2.92. The van der Waals surface area contributed by atoms with E-state index in [9.17, 15) is 9.59 Å². The van der Waals surface area contributed by atoms with Crippen molar-refractivity contribution in [3.8, 4) is 11.5 Å². The molecule has 33 heavy (non-hydrogen) atoms. The molecule has 0 spiro atoms. The molecule has 174 valence electrons.